The van der Waals surface area contributed by atoms with Crippen molar-refractivity contribution in [1.82, 2.24) is 4.31 Å². The maximum atomic E-state index is 12.8. The first-order valence-electron chi connectivity index (χ1n) is 6.77. The van der Waals surface area contributed by atoms with Crippen LogP contribution in [-0.2, 0) is 10.0 Å². The molecule has 1 unspecified atom stereocenters. The van der Waals surface area contributed by atoms with Crippen LogP contribution >= 0.6 is 11.8 Å². The Morgan fingerprint density at radius 3 is 2.90 bits per heavy atom. The lowest BCUT2D eigenvalue weighted by molar-refractivity contribution is 0.350. The van der Waals surface area contributed by atoms with Crippen molar-refractivity contribution in [2.45, 2.75) is 24.0 Å². The van der Waals surface area contributed by atoms with Crippen LogP contribution in [0.2, 0.25) is 0 Å². The number of hydrogen-bond acceptors (Lipinski definition) is 4. The fourth-order valence-electron chi connectivity index (χ4n) is 2.25. The zero-order valence-electron chi connectivity index (χ0n) is 12.2. The van der Waals surface area contributed by atoms with E-state index in [9.17, 15) is 8.42 Å². The average molecular weight is 325 g/mol. The monoisotopic (exact) mass is 325 g/mol. The fourth-order valence-corrected chi connectivity index (χ4v) is 5.13. The molecule has 0 radical (unpaired) electrons. The van der Waals surface area contributed by atoms with E-state index in [2.05, 4.69) is 11.8 Å². The third kappa shape index (κ3) is 3.80. The van der Waals surface area contributed by atoms with Crippen LogP contribution in [0.4, 0.5) is 0 Å². The summed E-state index contributed by atoms with van der Waals surface area (Å²) in [5, 5.41) is 9.13. The van der Waals surface area contributed by atoms with Gasteiger partial charge in [0.05, 0.1) is 4.90 Å². The molecule has 0 aromatic heterocycles. The summed E-state index contributed by atoms with van der Waals surface area (Å²) >= 11 is 1.79. The minimum atomic E-state index is -3.54. The van der Waals surface area contributed by atoms with E-state index in [1.54, 1.807) is 30.0 Å². The summed E-state index contributed by atoms with van der Waals surface area (Å²) in [7, 11) is -3.54. The Balaban J connectivity index is 2.44. The van der Waals surface area contributed by atoms with E-state index in [4.69, 9.17) is 5.11 Å². The van der Waals surface area contributed by atoms with Gasteiger partial charge >= 0.3 is 0 Å². The molecule has 1 atom stereocenters. The number of aliphatic hydroxyl groups excluding tert-OH is 1. The van der Waals surface area contributed by atoms with Crippen molar-refractivity contribution < 1.29 is 13.5 Å². The molecule has 6 heteroatoms. The van der Waals surface area contributed by atoms with Gasteiger partial charge in [-0.15, -0.1) is 0 Å². The lowest BCUT2D eigenvalue weighted by Gasteiger charge is -2.30. The van der Waals surface area contributed by atoms with Crippen LogP contribution in [0.1, 0.15) is 18.1 Å². The second-order valence-corrected chi connectivity index (χ2v) is 8.46. The molecule has 0 amide bonds. The summed E-state index contributed by atoms with van der Waals surface area (Å²) in [6.45, 7) is 4.69. The molecule has 2 rings (SSSR count). The van der Waals surface area contributed by atoms with Gasteiger partial charge in [0, 0.05) is 29.7 Å². The first-order chi connectivity index (χ1) is 9.95. The van der Waals surface area contributed by atoms with Gasteiger partial charge in [-0.25, -0.2) is 8.42 Å². The molecule has 114 valence electrons. The van der Waals surface area contributed by atoms with E-state index >= 15 is 0 Å². The van der Waals surface area contributed by atoms with Crippen LogP contribution in [0.5, 0.6) is 0 Å². The summed E-state index contributed by atoms with van der Waals surface area (Å²) in [6, 6.07) is 5.13. The normalized spacial score (nSPS) is 19.9. The quantitative estimate of drug-likeness (QED) is 0.837. The number of rotatable bonds is 2. The number of nitrogens with zero attached hydrogens (tertiary/aromatic N) is 1. The summed E-state index contributed by atoms with van der Waals surface area (Å²) < 4.78 is 27.2. The SMILES string of the molecule is Cc1ccc(S(=O)(=O)N2CCSC(C)C2)c(C#CCO)c1. The molecule has 0 aliphatic carbocycles. The number of aliphatic hydroxyl groups is 1. The van der Waals surface area contributed by atoms with E-state index < -0.39 is 10.0 Å². The zero-order chi connectivity index (χ0) is 15.5. The Morgan fingerprint density at radius 2 is 2.24 bits per heavy atom. The molecule has 4 nitrogen and oxygen atoms in total. The number of thioether (sulfide) groups is 1. The standard InChI is InChI=1S/C15H19NO3S2/c1-12-5-6-15(14(10-12)4-3-8-17)21(18,19)16-7-9-20-13(2)11-16/h5-6,10,13,17H,7-9,11H2,1-2H3. The van der Waals surface area contributed by atoms with Gasteiger partial charge in [-0.05, 0) is 24.6 Å². The van der Waals surface area contributed by atoms with Crippen molar-refractivity contribution in [3.63, 3.8) is 0 Å². The molecule has 1 N–H and O–H groups in total. The van der Waals surface area contributed by atoms with E-state index in [1.807, 2.05) is 13.8 Å². The molecule has 1 saturated heterocycles. The van der Waals surface area contributed by atoms with Crippen LogP contribution < -0.4 is 0 Å². The summed E-state index contributed by atoms with van der Waals surface area (Å²) in [5.41, 5.74) is 1.40. The topological polar surface area (TPSA) is 57.6 Å². The second-order valence-electron chi connectivity index (χ2n) is 5.00. The summed E-state index contributed by atoms with van der Waals surface area (Å²) in [4.78, 5) is 0.230. The molecule has 1 aromatic carbocycles. The Morgan fingerprint density at radius 1 is 1.48 bits per heavy atom. The van der Waals surface area contributed by atoms with Gasteiger partial charge in [0.25, 0.3) is 0 Å². The molecule has 1 heterocycles. The lowest BCUT2D eigenvalue weighted by atomic mass is 10.1. The molecule has 1 fully saturated rings. The third-order valence-electron chi connectivity index (χ3n) is 3.26. The highest BCUT2D eigenvalue weighted by atomic mass is 32.2. The zero-order valence-corrected chi connectivity index (χ0v) is 13.8. The highest BCUT2D eigenvalue weighted by Crippen LogP contribution is 2.26. The lowest BCUT2D eigenvalue weighted by Crippen LogP contribution is -2.41. The first kappa shape index (κ1) is 16.4. The third-order valence-corrected chi connectivity index (χ3v) is 6.32. The van der Waals surface area contributed by atoms with Crippen molar-refractivity contribution in [3.05, 3.63) is 29.3 Å². The van der Waals surface area contributed by atoms with Gasteiger partial charge in [0.15, 0.2) is 0 Å². The van der Waals surface area contributed by atoms with Gasteiger partial charge < -0.3 is 5.11 Å². The van der Waals surface area contributed by atoms with Gasteiger partial charge in [-0.2, -0.15) is 16.1 Å². The van der Waals surface area contributed by atoms with Crippen molar-refractivity contribution in [1.29, 1.82) is 0 Å². The van der Waals surface area contributed by atoms with Crippen LogP contribution in [-0.4, -0.2) is 48.5 Å². The summed E-state index contributed by atoms with van der Waals surface area (Å²) in [5.74, 6) is 6.09. The number of aryl methyl sites for hydroxylation is 1. The molecule has 1 aromatic rings. The molecule has 1 aliphatic rings. The average Bonchev–Trinajstić information content (AvgIpc) is 2.45. The fraction of sp³-hybridized carbons (Fsp3) is 0.467. The number of hydrogen-bond donors (Lipinski definition) is 1. The predicted octanol–water partition coefficient (Wildman–Crippen LogP) is 1.46. The van der Waals surface area contributed by atoms with Crippen LogP contribution in [0.15, 0.2) is 23.1 Å². The van der Waals surface area contributed by atoms with E-state index in [1.165, 1.54) is 4.31 Å². The van der Waals surface area contributed by atoms with Gasteiger partial charge in [-0.1, -0.05) is 24.8 Å². The Kier molecular flexibility index (Phi) is 5.33. The van der Waals surface area contributed by atoms with Crippen molar-refractivity contribution >= 4 is 21.8 Å². The summed E-state index contributed by atoms with van der Waals surface area (Å²) in [6.07, 6.45) is 0. The van der Waals surface area contributed by atoms with E-state index in [-0.39, 0.29) is 11.5 Å². The van der Waals surface area contributed by atoms with Crippen LogP contribution in [0.3, 0.4) is 0 Å². The van der Waals surface area contributed by atoms with Crippen LogP contribution in [0, 0.1) is 18.8 Å². The van der Waals surface area contributed by atoms with Crippen molar-refractivity contribution in [2.75, 3.05) is 25.4 Å². The molecule has 21 heavy (non-hydrogen) atoms. The van der Waals surface area contributed by atoms with Crippen molar-refractivity contribution in [2.24, 2.45) is 0 Å². The molecule has 0 bridgehead atoms. The largest absolute Gasteiger partial charge is 0.384 e. The Hall–Kier alpha value is -1.00. The molecule has 0 spiro atoms. The van der Waals surface area contributed by atoms with Gasteiger partial charge in [0.1, 0.15) is 6.61 Å². The van der Waals surface area contributed by atoms with Gasteiger partial charge in [0.2, 0.25) is 10.0 Å². The van der Waals surface area contributed by atoms with Gasteiger partial charge in [-0.3, -0.25) is 0 Å². The number of sulfonamides is 1. The smallest absolute Gasteiger partial charge is 0.244 e. The highest BCUT2D eigenvalue weighted by Gasteiger charge is 2.30. The minimum absolute atomic E-state index is 0.230. The van der Waals surface area contributed by atoms with E-state index in [0.717, 1.165) is 11.3 Å². The molecular formula is C15H19NO3S2. The van der Waals surface area contributed by atoms with E-state index in [0.29, 0.717) is 23.9 Å². The molecular weight excluding hydrogens is 306 g/mol. The highest BCUT2D eigenvalue weighted by molar-refractivity contribution is 8.00. The Bertz CT molecular complexity index is 674. The predicted molar refractivity (Wildman–Crippen MR) is 85.8 cm³/mol. The molecule has 0 saturated carbocycles. The van der Waals surface area contributed by atoms with Crippen molar-refractivity contribution in [3.8, 4) is 11.8 Å². The molecule has 1 aliphatic heterocycles. The Labute approximate surface area is 130 Å². The maximum Gasteiger partial charge on any atom is 0.244 e. The van der Waals surface area contributed by atoms with Crippen LogP contribution in [0.25, 0.3) is 0 Å². The number of benzene rings is 1. The second kappa shape index (κ2) is 6.84. The maximum absolute atomic E-state index is 12.8. The first-order valence-corrected chi connectivity index (χ1v) is 9.26. The minimum Gasteiger partial charge on any atom is -0.384 e.